The van der Waals surface area contributed by atoms with Gasteiger partial charge in [0.1, 0.15) is 5.82 Å². The van der Waals surface area contributed by atoms with Crippen LogP contribution in [-0.4, -0.2) is 39.3 Å². The quantitative estimate of drug-likeness (QED) is 0.869. The van der Waals surface area contributed by atoms with Crippen LogP contribution in [0.3, 0.4) is 0 Å². The Morgan fingerprint density at radius 1 is 1.50 bits per heavy atom. The minimum atomic E-state index is 0.198. The second-order valence-electron chi connectivity index (χ2n) is 5.50. The van der Waals surface area contributed by atoms with Crippen LogP contribution in [0.25, 0.3) is 0 Å². The van der Waals surface area contributed by atoms with E-state index in [1.165, 1.54) is 0 Å². The van der Waals surface area contributed by atoms with Crippen molar-refractivity contribution in [3.63, 3.8) is 0 Å². The molecule has 1 aliphatic heterocycles. The van der Waals surface area contributed by atoms with Crippen molar-refractivity contribution in [2.75, 3.05) is 18.0 Å². The van der Waals surface area contributed by atoms with E-state index in [0.717, 1.165) is 43.3 Å². The van der Waals surface area contributed by atoms with Crippen LogP contribution in [0.5, 0.6) is 0 Å². The van der Waals surface area contributed by atoms with Gasteiger partial charge in [-0.3, -0.25) is 10.1 Å². The first-order chi connectivity index (χ1) is 9.72. The highest BCUT2D eigenvalue weighted by atomic mass is 15.4. The highest BCUT2D eigenvalue weighted by Gasteiger charge is 2.25. The van der Waals surface area contributed by atoms with Gasteiger partial charge in [-0.2, -0.15) is 4.98 Å². The molecule has 0 amide bonds. The van der Waals surface area contributed by atoms with Gasteiger partial charge in [0.05, 0.1) is 0 Å². The van der Waals surface area contributed by atoms with E-state index < -0.39 is 0 Å². The third-order valence-corrected chi connectivity index (χ3v) is 3.91. The lowest BCUT2D eigenvalue weighted by molar-refractivity contribution is 0.376. The van der Waals surface area contributed by atoms with Gasteiger partial charge >= 0.3 is 0 Å². The molecular formula is C14H20N6. The third-order valence-electron chi connectivity index (χ3n) is 3.91. The van der Waals surface area contributed by atoms with E-state index in [2.05, 4.69) is 32.0 Å². The van der Waals surface area contributed by atoms with Crippen molar-refractivity contribution in [1.29, 1.82) is 0 Å². The molecule has 1 saturated heterocycles. The molecule has 3 rings (SSSR count). The van der Waals surface area contributed by atoms with Crippen LogP contribution < -0.4 is 10.6 Å². The van der Waals surface area contributed by atoms with Gasteiger partial charge in [-0.05, 0) is 24.0 Å². The van der Waals surface area contributed by atoms with Gasteiger partial charge in [-0.25, -0.2) is 0 Å². The Morgan fingerprint density at radius 2 is 2.40 bits per heavy atom. The lowest BCUT2D eigenvalue weighted by atomic mass is 9.95. The van der Waals surface area contributed by atoms with Gasteiger partial charge in [0.2, 0.25) is 5.95 Å². The summed E-state index contributed by atoms with van der Waals surface area (Å²) < 4.78 is 0. The van der Waals surface area contributed by atoms with E-state index in [9.17, 15) is 0 Å². The predicted octanol–water partition coefficient (Wildman–Crippen LogP) is 0.964. The summed E-state index contributed by atoms with van der Waals surface area (Å²) >= 11 is 0. The Bertz CT molecular complexity index is 552. The molecule has 1 fully saturated rings. The van der Waals surface area contributed by atoms with Crippen molar-refractivity contribution >= 4 is 5.95 Å². The fraction of sp³-hybridized carbons (Fsp3) is 0.500. The number of nitrogens with one attached hydrogen (secondary N) is 1. The van der Waals surface area contributed by atoms with Crippen LogP contribution in [0, 0.1) is 5.92 Å². The van der Waals surface area contributed by atoms with Crippen LogP contribution in [0.2, 0.25) is 0 Å². The zero-order valence-electron chi connectivity index (χ0n) is 11.7. The summed E-state index contributed by atoms with van der Waals surface area (Å²) in [6, 6.07) is 4.16. The molecular weight excluding hydrogens is 252 g/mol. The molecule has 2 aromatic heterocycles. The number of rotatable bonds is 3. The number of aromatic nitrogens is 4. The Morgan fingerprint density at radius 3 is 3.15 bits per heavy atom. The Balaban J connectivity index is 1.68. The van der Waals surface area contributed by atoms with E-state index in [4.69, 9.17) is 5.73 Å². The lowest BCUT2D eigenvalue weighted by Gasteiger charge is -2.34. The highest BCUT2D eigenvalue weighted by Crippen LogP contribution is 2.19. The second-order valence-corrected chi connectivity index (χ2v) is 5.50. The van der Waals surface area contributed by atoms with Gasteiger partial charge in [-0.1, -0.05) is 13.0 Å². The van der Waals surface area contributed by atoms with Crippen molar-refractivity contribution in [1.82, 2.24) is 20.2 Å². The summed E-state index contributed by atoms with van der Waals surface area (Å²) in [7, 11) is 0. The minimum absolute atomic E-state index is 0.198. The Hall–Kier alpha value is -1.95. The zero-order chi connectivity index (χ0) is 13.9. The highest BCUT2D eigenvalue weighted by molar-refractivity contribution is 5.31. The number of piperidine rings is 1. The number of H-pyrrole nitrogens is 1. The first kappa shape index (κ1) is 13.1. The minimum Gasteiger partial charge on any atom is -0.338 e. The van der Waals surface area contributed by atoms with Crippen LogP contribution >= 0.6 is 0 Å². The summed E-state index contributed by atoms with van der Waals surface area (Å²) in [6.45, 7) is 4.00. The molecule has 0 aromatic carbocycles. The van der Waals surface area contributed by atoms with Crippen molar-refractivity contribution in [3.05, 3.63) is 35.9 Å². The summed E-state index contributed by atoms with van der Waals surface area (Å²) in [4.78, 5) is 10.8. The third kappa shape index (κ3) is 2.80. The first-order valence-corrected chi connectivity index (χ1v) is 7.03. The molecule has 106 valence electrons. The topological polar surface area (TPSA) is 83.7 Å². The molecule has 2 aromatic rings. The lowest BCUT2D eigenvalue weighted by Crippen LogP contribution is -2.48. The van der Waals surface area contributed by atoms with E-state index in [0.29, 0.717) is 5.92 Å². The molecule has 20 heavy (non-hydrogen) atoms. The van der Waals surface area contributed by atoms with Crippen LogP contribution in [0.1, 0.15) is 24.7 Å². The van der Waals surface area contributed by atoms with Crippen LogP contribution in [0.4, 0.5) is 5.95 Å². The van der Waals surface area contributed by atoms with E-state index in [1.54, 1.807) is 6.20 Å². The summed E-state index contributed by atoms with van der Waals surface area (Å²) in [5.74, 6) is 2.19. The number of nitrogens with two attached hydrogens (primary N) is 1. The zero-order valence-corrected chi connectivity index (χ0v) is 11.7. The molecule has 0 spiro atoms. The maximum atomic E-state index is 6.12. The SMILES string of the molecule is CC1CCN(c2n[nH]c(Cc3cccnc3)n2)CC1N. The molecule has 0 aliphatic carbocycles. The molecule has 2 unspecified atom stereocenters. The normalized spacial score (nSPS) is 23.0. The van der Waals surface area contributed by atoms with Gasteiger partial charge in [0, 0.05) is 37.9 Å². The maximum absolute atomic E-state index is 6.12. The molecule has 1 aliphatic rings. The standard InChI is InChI=1S/C14H20N6/c1-10-4-6-20(9-12(10)15)14-17-13(18-19-14)7-11-3-2-5-16-8-11/h2-3,5,8,10,12H,4,6-7,9,15H2,1H3,(H,17,18,19). The molecule has 6 nitrogen and oxygen atoms in total. The van der Waals surface area contributed by atoms with Gasteiger partial charge in [0.15, 0.2) is 0 Å². The van der Waals surface area contributed by atoms with E-state index in [1.807, 2.05) is 18.3 Å². The molecule has 6 heteroatoms. The average molecular weight is 272 g/mol. The summed E-state index contributed by atoms with van der Waals surface area (Å²) in [6.07, 6.45) is 5.43. The number of nitrogens with zero attached hydrogens (tertiary/aromatic N) is 4. The smallest absolute Gasteiger partial charge is 0.244 e. The van der Waals surface area contributed by atoms with E-state index in [-0.39, 0.29) is 6.04 Å². The molecule has 3 heterocycles. The van der Waals surface area contributed by atoms with Gasteiger partial charge in [-0.15, -0.1) is 5.10 Å². The second kappa shape index (κ2) is 5.58. The fourth-order valence-corrected chi connectivity index (χ4v) is 2.48. The van der Waals surface area contributed by atoms with Crippen molar-refractivity contribution in [2.24, 2.45) is 11.7 Å². The Kier molecular flexibility index (Phi) is 3.64. The number of hydrogen-bond acceptors (Lipinski definition) is 5. The maximum Gasteiger partial charge on any atom is 0.244 e. The molecule has 0 saturated carbocycles. The van der Waals surface area contributed by atoms with Gasteiger partial charge in [0.25, 0.3) is 0 Å². The summed E-state index contributed by atoms with van der Waals surface area (Å²) in [5.41, 5.74) is 7.24. The largest absolute Gasteiger partial charge is 0.338 e. The van der Waals surface area contributed by atoms with Crippen molar-refractivity contribution < 1.29 is 0 Å². The van der Waals surface area contributed by atoms with Gasteiger partial charge < -0.3 is 10.6 Å². The first-order valence-electron chi connectivity index (χ1n) is 7.03. The van der Waals surface area contributed by atoms with Crippen molar-refractivity contribution in [2.45, 2.75) is 25.8 Å². The Labute approximate surface area is 118 Å². The predicted molar refractivity (Wildman–Crippen MR) is 77.4 cm³/mol. The number of pyridine rings is 1. The molecule has 2 atom stereocenters. The number of aromatic amines is 1. The van der Waals surface area contributed by atoms with Crippen molar-refractivity contribution in [3.8, 4) is 0 Å². The molecule has 0 radical (unpaired) electrons. The molecule has 3 N–H and O–H groups in total. The van der Waals surface area contributed by atoms with Crippen LogP contribution in [0.15, 0.2) is 24.5 Å². The monoisotopic (exact) mass is 272 g/mol. The van der Waals surface area contributed by atoms with E-state index >= 15 is 0 Å². The number of hydrogen-bond donors (Lipinski definition) is 2. The van der Waals surface area contributed by atoms with Crippen LogP contribution in [-0.2, 0) is 6.42 Å². The fourth-order valence-electron chi connectivity index (χ4n) is 2.48. The number of anilines is 1. The average Bonchev–Trinajstić information content (AvgIpc) is 2.91. The summed E-state index contributed by atoms with van der Waals surface area (Å²) in [5, 5.41) is 7.32. The molecule has 0 bridgehead atoms.